The molecule has 0 fully saturated rings. The highest BCUT2D eigenvalue weighted by Gasteiger charge is 2.29. The largest absolute Gasteiger partial charge is 0.467 e. The Hall–Kier alpha value is -1.80. The first-order valence-electron chi connectivity index (χ1n) is 9.63. The third-order valence-corrected chi connectivity index (χ3v) is 5.77. The monoisotopic (exact) mass is 354 g/mol. The molecule has 0 N–H and O–H groups in total. The lowest BCUT2D eigenvalue weighted by Crippen LogP contribution is -2.22. The molecule has 26 heavy (non-hydrogen) atoms. The molecule has 0 heterocycles. The molecule has 2 nitrogen and oxygen atoms in total. The highest BCUT2D eigenvalue weighted by Crippen LogP contribution is 2.44. The highest BCUT2D eigenvalue weighted by molar-refractivity contribution is 5.74. The van der Waals surface area contributed by atoms with Crippen molar-refractivity contribution in [2.75, 3.05) is 13.9 Å². The first-order valence-corrected chi connectivity index (χ1v) is 9.63. The van der Waals surface area contributed by atoms with E-state index >= 15 is 0 Å². The quantitative estimate of drug-likeness (QED) is 0.490. The second-order valence-electron chi connectivity index (χ2n) is 8.29. The van der Waals surface area contributed by atoms with E-state index in [0.717, 1.165) is 24.2 Å². The van der Waals surface area contributed by atoms with E-state index in [1.54, 1.807) is 7.11 Å². The van der Waals surface area contributed by atoms with Gasteiger partial charge in [0.05, 0.1) is 0 Å². The number of benzene rings is 2. The van der Waals surface area contributed by atoms with E-state index in [1.165, 1.54) is 16.7 Å². The number of hydrogen-bond donors (Lipinski definition) is 0. The highest BCUT2D eigenvalue weighted by atomic mass is 16.7. The molecule has 0 saturated heterocycles. The first kappa shape index (κ1) is 20.5. The maximum atomic E-state index is 6.14. The van der Waals surface area contributed by atoms with Crippen LogP contribution in [0.2, 0.25) is 0 Å². The fourth-order valence-corrected chi connectivity index (χ4v) is 3.02. The summed E-state index contributed by atoms with van der Waals surface area (Å²) < 4.78 is 11.4. The van der Waals surface area contributed by atoms with Gasteiger partial charge >= 0.3 is 0 Å². The Morgan fingerprint density at radius 3 is 2.00 bits per heavy atom. The van der Waals surface area contributed by atoms with Gasteiger partial charge in [0.2, 0.25) is 0 Å². The van der Waals surface area contributed by atoms with Crippen LogP contribution in [0.3, 0.4) is 0 Å². The van der Waals surface area contributed by atoms with E-state index in [1.807, 2.05) is 0 Å². The van der Waals surface area contributed by atoms with Crippen molar-refractivity contribution in [1.82, 2.24) is 0 Å². The molecular weight excluding hydrogens is 320 g/mol. The Kier molecular flexibility index (Phi) is 6.52. The van der Waals surface area contributed by atoms with Gasteiger partial charge in [0, 0.05) is 18.2 Å². The van der Waals surface area contributed by atoms with Gasteiger partial charge in [0.25, 0.3) is 0 Å². The van der Waals surface area contributed by atoms with Gasteiger partial charge in [-0.25, -0.2) is 0 Å². The molecule has 0 radical (unpaired) electrons. The molecule has 0 bridgehead atoms. The summed E-state index contributed by atoms with van der Waals surface area (Å²) in [6, 6.07) is 15.2. The molecule has 0 atom stereocenters. The van der Waals surface area contributed by atoms with E-state index in [0.29, 0.717) is 0 Å². The minimum Gasteiger partial charge on any atom is -0.467 e. The number of rotatable bonds is 8. The molecule has 0 aliphatic heterocycles. The van der Waals surface area contributed by atoms with Crippen molar-refractivity contribution in [3.63, 3.8) is 0 Å². The van der Waals surface area contributed by atoms with Crippen LogP contribution in [0.25, 0.3) is 11.1 Å². The molecule has 2 aromatic carbocycles. The lowest BCUT2D eigenvalue weighted by Gasteiger charge is -2.32. The second kappa shape index (κ2) is 8.26. The van der Waals surface area contributed by atoms with Crippen molar-refractivity contribution in [2.45, 2.75) is 65.2 Å². The van der Waals surface area contributed by atoms with Gasteiger partial charge in [-0.3, -0.25) is 0 Å². The molecule has 0 aliphatic rings. The van der Waals surface area contributed by atoms with Gasteiger partial charge in [0.1, 0.15) is 5.75 Å². The zero-order valence-electron chi connectivity index (χ0n) is 17.5. The molecule has 0 spiro atoms. The first-order chi connectivity index (χ1) is 12.3. The molecule has 0 saturated carbocycles. The summed E-state index contributed by atoms with van der Waals surface area (Å²) in [5.41, 5.74) is 5.09. The average Bonchev–Trinajstić information content (AvgIpc) is 2.66. The molecule has 0 aromatic heterocycles. The van der Waals surface area contributed by atoms with Crippen LogP contribution in [-0.2, 0) is 15.6 Å². The van der Waals surface area contributed by atoms with Crippen molar-refractivity contribution in [3.05, 3.63) is 53.6 Å². The summed E-state index contributed by atoms with van der Waals surface area (Å²) >= 11 is 0. The van der Waals surface area contributed by atoms with E-state index in [4.69, 9.17) is 9.47 Å². The molecular formula is C24H34O2. The van der Waals surface area contributed by atoms with Crippen molar-refractivity contribution in [2.24, 2.45) is 0 Å². The molecule has 0 aliphatic carbocycles. The Morgan fingerprint density at radius 1 is 0.846 bits per heavy atom. The minimum absolute atomic E-state index is 0.0203. The summed E-state index contributed by atoms with van der Waals surface area (Å²) in [6.45, 7) is 14.0. The third-order valence-electron chi connectivity index (χ3n) is 5.77. The van der Waals surface area contributed by atoms with Crippen LogP contribution in [0.15, 0.2) is 42.5 Å². The van der Waals surface area contributed by atoms with Gasteiger partial charge in [0.15, 0.2) is 6.79 Å². The predicted octanol–water partition coefficient (Wildman–Crippen LogP) is 6.71. The number of methoxy groups -OCH3 is 1. The Morgan fingerprint density at radius 2 is 1.46 bits per heavy atom. The SMILES string of the molecule is CCC(C)(C)c1cc(-c2ccccc2)c(OCOC)c(C(C)(C)CC)c1. The lowest BCUT2D eigenvalue weighted by molar-refractivity contribution is 0.0500. The predicted molar refractivity (Wildman–Crippen MR) is 111 cm³/mol. The number of hydrogen-bond acceptors (Lipinski definition) is 2. The average molecular weight is 355 g/mol. The van der Waals surface area contributed by atoms with Crippen LogP contribution in [0.5, 0.6) is 5.75 Å². The molecule has 2 heteroatoms. The lowest BCUT2D eigenvalue weighted by atomic mass is 9.74. The van der Waals surface area contributed by atoms with E-state index in [9.17, 15) is 0 Å². The molecule has 142 valence electrons. The maximum absolute atomic E-state index is 6.14. The molecule has 0 unspecified atom stereocenters. The van der Waals surface area contributed by atoms with Crippen molar-refractivity contribution in [1.29, 1.82) is 0 Å². The normalized spacial score (nSPS) is 12.3. The Labute approximate surface area is 159 Å². The van der Waals surface area contributed by atoms with Crippen LogP contribution in [0, 0.1) is 0 Å². The fourth-order valence-electron chi connectivity index (χ4n) is 3.02. The third kappa shape index (κ3) is 4.29. The zero-order valence-corrected chi connectivity index (χ0v) is 17.5. The van der Waals surface area contributed by atoms with Crippen molar-refractivity contribution >= 4 is 0 Å². The Balaban J connectivity index is 2.81. The summed E-state index contributed by atoms with van der Waals surface area (Å²) in [7, 11) is 1.67. The summed E-state index contributed by atoms with van der Waals surface area (Å²) in [5.74, 6) is 0.945. The van der Waals surface area contributed by atoms with Crippen LogP contribution >= 0.6 is 0 Å². The van der Waals surface area contributed by atoms with Crippen LogP contribution in [0.1, 0.15) is 65.5 Å². The minimum atomic E-state index is 0.0203. The second-order valence-corrected chi connectivity index (χ2v) is 8.29. The summed E-state index contributed by atoms with van der Waals surface area (Å²) in [5, 5.41) is 0. The summed E-state index contributed by atoms with van der Waals surface area (Å²) in [4.78, 5) is 0. The smallest absolute Gasteiger partial charge is 0.188 e. The van der Waals surface area contributed by atoms with Gasteiger partial charge in [-0.1, -0.05) is 77.9 Å². The standard InChI is InChI=1S/C24H34O2/c1-8-23(3,4)19-15-20(18-13-11-10-12-14-18)22(26-17-25-7)21(16-19)24(5,6)9-2/h10-16H,8-9,17H2,1-7H3. The van der Waals surface area contributed by atoms with Gasteiger partial charge < -0.3 is 9.47 Å². The summed E-state index contributed by atoms with van der Waals surface area (Å²) in [6.07, 6.45) is 2.13. The zero-order chi connectivity index (χ0) is 19.4. The van der Waals surface area contributed by atoms with Crippen LogP contribution < -0.4 is 4.74 Å². The van der Waals surface area contributed by atoms with E-state index < -0.39 is 0 Å². The van der Waals surface area contributed by atoms with Crippen LogP contribution in [-0.4, -0.2) is 13.9 Å². The fraction of sp³-hybridized carbons (Fsp3) is 0.500. The molecule has 2 rings (SSSR count). The van der Waals surface area contributed by atoms with Gasteiger partial charge in [-0.2, -0.15) is 0 Å². The molecule has 0 amide bonds. The van der Waals surface area contributed by atoms with E-state index in [2.05, 4.69) is 84.0 Å². The Bertz CT molecular complexity index is 714. The topological polar surface area (TPSA) is 18.5 Å². The van der Waals surface area contributed by atoms with Crippen LogP contribution in [0.4, 0.5) is 0 Å². The van der Waals surface area contributed by atoms with Crippen molar-refractivity contribution < 1.29 is 9.47 Å². The van der Waals surface area contributed by atoms with E-state index in [-0.39, 0.29) is 17.6 Å². The van der Waals surface area contributed by atoms with Gasteiger partial charge in [-0.15, -0.1) is 0 Å². The maximum Gasteiger partial charge on any atom is 0.188 e. The van der Waals surface area contributed by atoms with Gasteiger partial charge in [-0.05, 0) is 40.9 Å². The van der Waals surface area contributed by atoms with Crippen molar-refractivity contribution in [3.8, 4) is 16.9 Å². The number of ether oxygens (including phenoxy) is 2. The molecule has 2 aromatic rings.